The maximum Gasteiger partial charge on any atom is 0.326 e. The molecular weight excluding hydrogens is 294 g/mol. The number of carbonyl (C=O) groups is 2. The average molecular weight is 313 g/mol. The zero-order valence-corrected chi connectivity index (χ0v) is 12.2. The summed E-state index contributed by atoms with van der Waals surface area (Å²) in [6.07, 6.45) is 1.25. The third-order valence-corrected chi connectivity index (χ3v) is 2.99. The lowest BCUT2D eigenvalue weighted by Crippen LogP contribution is -2.43. The molecule has 1 atom stereocenters. The minimum atomic E-state index is -1.16. The van der Waals surface area contributed by atoms with E-state index < -0.39 is 28.9 Å². The molecule has 0 bridgehead atoms. The van der Waals surface area contributed by atoms with Crippen molar-refractivity contribution < 1.29 is 19.4 Å². The Kier molecular flexibility index (Phi) is 6.36. The summed E-state index contributed by atoms with van der Waals surface area (Å²) in [7, 11) is 0. The second-order valence-electron chi connectivity index (χ2n) is 4.62. The summed E-state index contributed by atoms with van der Waals surface area (Å²) < 4.78 is 5.05. The van der Waals surface area contributed by atoms with Crippen molar-refractivity contribution >= 4 is 17.7 Å². The molecule has 0 saturated carbocycles. The molecule has 0 aliphatic carbocycles. The van der Waals surface area contributed by atoms with Crippen LogP contribution in [0, 0.1) is 0 Å². The molecule has 9 heteroatoms. The highest BCUT2D eigenvalue weighted by Gasteiger charge is 2.22. The predicted molar refractivity (Wildman–Crippen MR) is 79.0 cm³/mol. The highest BCUT2D eigenvalue weighted by atomic mass is 16.5. The number of ether oxygens (including phenoxy) is 1. The van der Waals surface area contributed by atoms with E-state index in [0.29, 0.717) is 26.0 Å². The Balaban J connectivity index is 2.35. The molecule has 0 saturated heterocycles. The van der Waals surface area contributed by atoms with Crippen molar-refractivity contribution in [2.45, 2.75) is 32.2 Å². The highest BCUT2D eigenvalue weighted by Crippen LogP contribution is 2.17. The Bertz CT molecular complexity index is 605. The van der Waals surface area contributed by atoms with Gasteiger partial charge in [-0.1, -0.05) is 0 Å². The van der Waals surface area contributed by atoms with E-state index in [1.165, 1.54) is 0 Å². The minimum absolute atomic E-state index is 0.0475. The van der Waals surface area contributed by atoms with Gasteiger partial charge in [0.25, 0.3) is 10.9 Å². The normalized spacial score (nSPS) is 11.9. The minimum Gasteiger partial charge on any atom is -0.488 e. The van der Waals surface area contributed by atoms with Crippen LogP contribution in [0.5, 0.6) is 5.75 Å². The van der Waals surface area contributed by atoms with Gasteiger partial charge in [-0.15, -0.1) is 0 Å². The molecule has 0 aliphatic rings. The maximum absolute atomic E-state index is 11.3. The van der Waals surface area contributed by atoms with Crippen LogP contribution in [-0.2, 0) is 4.79 Å². The van der Waals surface area contributed by atoms with Crippen LogP contribution >= 0.6 is 0 Å². The number of rotatable bonds is 10. The number of carboxylic acid groups (broad SMARTS) is 1. The average Bonchev–Trinajstić information content (AvgIpc) is 2.46. The van der Waals surface area contributed by atoms with Crippen LogP contribution < -0.4 is 32.0 Å². The fraction of sp³-hybridized carbons (Fsp3) is 0.538. The first-order valence-corrected chi connectivity index (χ1v) is 6.87. The third-order valence-electron chi connectivity index (χ3n) is 2.99. The molecule has 0 fully saturated rings. The summed E-state index contributed by atoms with van der Waals surface area (Å²) in [5.74, 6) is -1.11. The number of carbonyl (C=O) groups excluding carboxylic acids is 1. The van der Waals surface area contributed by atoms with Gasteiger partial charge in [0.05, 0.1) is 6.61 Å². The van der Waals surface area contributed by atoms with Gasteiger partial charge in [-0.3, -0.25) is 9.59 Å². The molecule has 0 aromatic heterocycles. The highest BCUT2D eigenvalue weighted by molar-refractivity contribution is 5.81. The molecule has 22 heavy (non-hydrogen) atoms. The van der Waals surface area contributed by atoms with Crippen LogP contribution in [0.4, 0.5) is 10.5 Å². The van der Waals surface area contributed by atoms with Crippen molar-refractivity contribution in [2.75, 3.05) is 18.5 Å². The SMILES string of the molecule is CCOc1c(NCCCCC(NC(N)=O)C(=O)O)c(=O)c1=O. The van der Waals surface area contributed by atoms with Crippen LogP contribution in [-0.4, -0.2) is 36.3 Å². The first-order chi connectivity index (χ1) is 10.4. The largest absolute Gasteiger partial charge is 0.488 e. The van der Waals surface area contributed by atoms with E-state index in [1.54, 1.807) is 6.92 Å². The van der Waals surface area contributed by atoms with Crippen LogP contribution in [0.3, 0.4) is 0 Å². The van der Waals surface area contributed by atoms with Crippen LogP contribution in [0.2, 0.25) is 0 Å². The van der Waals surface area contributed by atoms with Crippen molar-refractivity contribution in [3.8, 4) is 5.75 Å². The molecule has 2 amide bonds. The zero-order valence-electron chi connectivity index (χ0n) is 12.2. The van der Waals surface area contributed by atoms with Gasteiger partial charge >= 0.3 is 12.0 Å². The van der Waals surface area contributed by atoms with E-state index >= 15 is 0 Å². The third kappa shape index (κ3) is 4.47. The maximum atomic E-state index is 11.3. The van der Waals surface area contributed by atoms with Gasteiger partial charge in [0.2, 0.25) is 0 Å². The lowest BCUT2D eigenvalue weighted by Gasteiger charge is -2.14. The summed E-state index contributed by atoms with van der Waals surface area (Å²) in [5.41, 5.74) is 3.80. The fourth-order valence-electron chi connectivity index (χ4n) is 1.93. The van der Waals surface area contributed by atoms with Crippen molar-refractivity contribution in [3.63, 3.8) is 0 Å². The van der Waals surface area contributed by atoms with Crippen molar-refractivity contribution in [1.82, 2.24) is 5.32 Å². The van der Waals surface area contributed by atoms with E-state index in [-0.39, 0.29) is 17.9 Å². The Morgan fingerprint density at radius 1 is 1.27 bits per heavy atom. The number of anilines is 1. The van der Waals surface area contributed by atoms with Crippen LogP contribution in [0.15, 0.2) is 9.59 Å². The van der Waals surface area contributed by atoms with Gasteiger partial charge in [-0.05, 0) is 26.2 Å². The van der Waals surface area contributed by atoms with Crippen LogP contribution in [0.25, 0.3) is 0 Å². The molecule has 5 N–H and O–H groups in total. The number of hydrogen-bond donors (Lipinski definition) is 4. The zero-order chi connectivity index (χ0) is 16.7. The monoisotopic (exact) mass is 313 g/mol. The number of hydrogen-bond acceptors (Lipinski definition) is 6. The number of amides is 2. The Morgan fingerprint density at radius 2 is 1.95 bits per heavy atom. The van der Waals surface area contributed by atoms with Crippen molar-refractivity contribution in [2.24, 2.45) is 5.73 Å². The number of aliphatic carboxylic acids is 1. The summed E-state index contributed by atoms with van der Waals surface area (Å²) >= 11 is 0. The van der Waals surface area contributed by atoms with Crippen molar-refractivity contribution in [1.29, 1.82) is 0 Å². The molecule has 122 valence electrons. The number of nitrogens with two attached hydrogens (primary N) is 1. The first-order valence-electron chi connectivity index (χ1n) is 6.87. The number of nitrogens with one attached hydrogen (secondary N) is 2. The van der Waals surface area contributed by atoms with E-state index in [0.717, 1.165) is 0 Å². The summed E-state index contributed by atoms with van der Waals surface area (Å²) in [5, 5.41) is 13.8. The molecule has 1 aromatic carbocycles. The molecule has 0 radical (unpaired) electrons. The van der Waals surface area contributed by atoms with Gasteiger partial charge in [-0.25, -0.2) is 9.59 Å². The second kappa shape index (κ2) is 8.01. The van der Waals surface area contributed by atoms with Gasteiger partial charge in [0.15, 0.2) is 5.75 Å². The molecular formula is C13H19N3O6. The molecule has 0 heterocycles. The van der Waals surface area contributed by atoms with E-state index in [4.69, 9.17) is 15.6 Å². The Morgan fingerprint density at radius 3 is 2.50 bits per heavy atom. The topological polar surface area (TPSA) is 148 Å². The molecule has 1 unspecified atom stereocenters. The van der Waals surface area contributed by atoms with E-state index in [1.807, 2.05) is 0 Å². The molecule has 0 spiro atoms. The predicted octanol–water partition coefficient (Wildman–Crippen LogP) is -0.615. The quantitative estimate of drug-likeness (QED) is 0.332. The van der Waals surface area contributed by atoms with E-state index in [9.17, 15) is 19.2 Å². The standard InChI is InChI=1S/C13H19N3O6/c1-2-22-11-8(9(17)10(11)18)15-6-4-3-5-7(12(19)20)16-13(14)21/h7,15H,2-6H2,1H3,(H,19,20)(H3,14,16,21). The first kappa shape index (κ1) is 17.5. The van der Waals surface area contributed by atoms with Gasteiger partial charge < -0.3 is 26.2 Å². The summed E-state index contributed by atoms with van der Waals surface area (Å²) in [6, 6.07) is -1.93. The lowest BCUT2D eigenvalue weighted by molar-refractivity contribution is -0.139. The van der Waals surface area contributed by atoms with E-state index in [2.05, 4.69) is 10.6 Å². The number of carboxylic acids is 1. The molecule has 1 rings (SSSR count). The van der Waals surface area contributed by atoms with Crippen LogP contribution in [0.1, 0.15) is 26.2 Å². The Hall–Kier alpha value is -2.58. The van der Waals surface area contributed by atoms with Gasteiger partial charge in [0, 0.05) is 6.54 Å². The fourth-order valence-corrected chi connectivity index (χ4v) is 1.93. The lowest BCUT2D eigenvalue weighted by atomic mass is 10.1. The smallest absolute Gasteiger partial charge is 0.326 e. The Labute approximate surface area is 126 Å². The molecule has 0 aliphatic heterocycles. The summed E-state index contributed by atoms with van der Waals surface area (Å²) in [4.78, 5) is 44.1. The number of urea groups is 1. The summed E-state index contributed by atoms with van der Waals surface area (Å²) in [6.45, 7) is 2.38. The van der Waals surface area contributed by atoms with Crippen molar-refractivity contribution in [3.05, 3.63) is 20.4 Å². The molecule has 9 nitrogen and oxygen atoms in total. The van der Waals surface area contributed by atoms with Gasteiger partial charge in [-0.2, -0.15) is 0 Å². The number of unbranched alkanes of at least 4 members (excludes halogenated alkanes) is 1. The second-order valence-corrected chi connectivity index (χ2v) is 4.62. The number of primary amides is 1. The van der Waals surface area contributed by atoms with Gasteiger partial charge in [0.1, 0.15) is 11.7 Å². The molecule has 1 aromatic rings.